The van der Waals surface area contributed by atoms with E-state index in [1.54, 1.807) is 0 Å². The maximum absolute atomic E-state index is 10.8. The van der Waals surface area contributed by atoms with E-state index in [1.165, 1.54) is 0 Å². The van der Waals surface area contributed by atoms with E-state index in [9.17, 15) is 4.79 Å². The second-order valence-corrected chi connectivity index (χ2v) is 4.95. The fraction of sp³-hybridized carbons (Fsp3) is 0.357. The number of carboxylic acid groups (broad SMARTS) is 1. The van der Waals surface area contributed by atoms with Crippen molar-refractivity contribution in [3.63, 3.8) is 0 Å². The zero-order valence-electron chi connectivity index (χ0n) is 10.5. The summed E-state index contributed by atoms with van der Waals surface area (Å²) in [5.74, 6) is -0.776. The molecule has 1 aromatic carbocycles. The lowest BCUT2D eigenvalue weighted by molar-refractivity contribution is -0.137. The molecule has 1 unspecified atom stereocenters. The van der Waals surface area contributed by atoms with Crippen LogP contribution in [-0.2, 0) is 11.3 Å². The van der Waals surface area contributed by atoms with Gasteiger partial charge in [0, 0.05) is 28.7 Å². The average Bonchev–Trinajstić information content (AvgIpc) is 2.65. The maximum atomic E-state index is 10.8. The van der Waals surface area contributed by atoms with Gasteiger partial charge in [0.1, 0.15) is 0 Å². The topological polar surface area (TPSA) is 42.2 Å². The molecular weight excluding hydrogens is 250 g/mol. The van der Waals surface area contributed by atoms with Crippen LogP contribution in [0.3, 0.4) is 0 Å². The minimum absolute atomic E-state index is 0.00590. The second kappa shape index (κ2) is 5.02. The third-order valence-corrected chi connectivity index (χ3v) is 3.44. The molecule has 0 amide bonds. The van der Waals surface area contributed by atoms with Crippen LogP contribution in [0, 0.1) is 0 Å². The molecule has 0 fully saturated rings. The molecule has 2 aromatic rings. The van der Waals surface area contributed by atoms with Crippen molar-refractivity contribution in [3.05, 3.63) is 35.0 Å². The van der Waals surface area contributed by atoms with E-state index in [-0.39, 0.29) is 12.3 Å². The SMILES string of the molecule is CCn1c(C(C)CC(=O)O)cc2ccc(Cl)cc21. The van der Waals surface area contributed by atoms with E-state index in [0.29, 0.717) is 5.02 Å². The maximum Gasteiger partial charge on any atom is 0.304 e. The van der Waals surface area contributed by atoms with Crippen LogP contribution >= 0.6 is 11.6 Å². The van der Waals surface area contributed by atoms with Gasteiger partial charge in [0.15, 0.2) is 0 Å². The minimum atomic E-state index is -0.770. The van der Waals surface area contributed by atoms with Crippen LogP contribution < -0.4 is 0 Å². The number of fused-ring (bicyclic) bond motifs is 1. The van der Waals surface area contributed by atoms with Crippen LogP contribution in [-0.4, -0.2) is 15.6 Å². The first-order valence-electron chi connectivity index (χ1n) is 6.03. The number of aliphatic carboxylic acids is 1. The third kappa shape index (κ3) is 2.36. The number of halogens is 1. The Morgan fingerprint density at radius 1 is 1.44 bits per heavy atom. The van der Waals surface area contributed by atoms with Crippen molar-refractivity contribution in [1.29, 1.82) is 0 Å². The molecule has 4 heteroatoms. The first-order valence-corrected chi connectivity index (χ1v) is 6.41. The summed E-state index contributed by atoms with van der Waals surface area (Å²) < 4.78 is 2.13. The number of hydrogen-bond acceptors (Lipinski definition) is 1. The normalized spacial score (nSPS) is 12.8. The number of nitrogens with zero attached hydrogens (tertiary/aromatic N) is 1. The molecule has 1 aromatic heterocycles. The molecule has 0 aliphatic rings. The Hall–Kier alpha value is -1.48. The molecule has 0 bridgehead atoms. The molecule has 96 valence electrons. The molecule has 0 spiro atoms. The van der Waals surface area contributed by atoms with Gasteiger partial charge in [-0.25, -0.2) is 0 Å². The first-order chi connectivity index (χ1) is 8.52. The highest BCUT2D eigenvalue weighted by Crippen LogP contribution is 2.29. The van der Waals surface area contributed by atoms with E-state index < -0.39 is 5.97 Å². The van der Waals surface area contributed by atoms with Crippen LogP contribution in [0.2, 0.25) is 5.02 Å². The van der Waals surface area contributed by atoms with Crippen LogP contribution in [0.1, 0.15) is 31.9 Å². The Morgan fingerprint density at radius 2 is 2.17 bits per heavy atom. The highest BCUT2D eigenvalue weighted by Gasteiger charge is 2.16. The van der Waals surface area contributed by atoms with Gasteiger partial charge >= 0.3 is 5.97 Å². The Balaban J connectivity index is 2.53. The molecule has 0 aliphatic carbocycles. The quantitative estimate of drug-likeness (QED) is 0.911. The number of aromatic nitrogens is 1. The molecule has 0 saturated carbocycles. The van der Waals surface area contributed by atoms with E-state index >= 15 is 0 Å². The minimum Gasteiger partial charge on any atom is -0.481 e. The first kappa shape index (κ1) is 13.0. The summed E-state index contributed by atoms with van der Waals surface area (Å²) in [6.07, 6.45) is 0.143. The van der Waals surface area contributed by atoms with Gasteiger partial charge in [-0.05, 0) is 30.5 Å². The van der Waals surface area contributed by atoms with E-state index in [1.807, 2.05) is 25.1 Å². The Bertz CT molecular complexity index is 589. The number of carbonyl (C=O) groups is 1. The predicted octanol–water partition coefficient (Wildman–Crippen LogP) is 3.89. The summed E-state index contributed by atoms with van der Waals surface area (Å²) in [6.45, 7) is 4.80. The average molecular weight is 266 g/mol. The van der Waals surface area contributed by atoms with E-state index in [0.717, 1.165) is 23.1 Å². The summed E-state index contributed by atoms with van der Waals surface area (Å²) in [5.41, 5.74) is 2.12. The van der Waals surface area contributed by atoms with Crippen molar-refractivity contribution >= 4 is 28.5 Å². The summed E-state index contributed by atoms with van der Waals surface area (Å²) in [6, 6.07) is 7.82. The van der Waals surface area contributed by atoms with Crippen molar-refractivity contribution in [1.82, 2.24) is 4.57 Å². The van der Waals surface area contributed by atoms with Crippen molar-refractivity contribution in [3.8, 4) is 0 Å². The van der Waals surface area contributed by atoms with Gasteiger partial charge in [0.05, 0.1) is 6.42 Å². The molecule has 1 heterocycles. The van der Waals surface area contributed by atoms with Crippen molar-refractivity contribution in [2.75, 3.05) is 0 Å². The predicted molar refractivity (Wildman–Crippen MR) is 73.3 cm³/mol. The Labute approximate surface area is 111 Å². The smallest absolute Gasteiger partial charge is 0.304 e. The van der Waals surface area contributed by atoms with E-state index in [2.05, 4.69) is 17.6 Å². The lowest BCUT2D eigenvalue weighted by atomic mass is 10.0. The van der Waals surface area contributed by atoms with Crippen molar-refractivity contribution in [2.45, 2.75) is 32.7 Å². The number of benzene rings is 1. The molecule has 1 atom stereocenters. The van der Waals surface area contributed by atoms with Crippen molar-refractivity contribution in [2.24, 2.45) is 0 Å². The monoisotopic (exact) mass is 265 g/mol. The van der Waals surface area contributed by atoms with Gasteiger partial charge in [-0.15, -0.1) is 0 Å². The fourth-order valence-corrected chi connectivity index (χ4v) is 2.54. The van der Waals surface area contributed by atoms with Crippen molar-refractivity contribution < 1.29 is 9.90 Å². The van der Waals surface area contributed by atoms with Crippen LogP contribution in [0.4, 0.5) is 0 Å². The number of carboxylic acids is 1. The van der Waals surface area contributed by atoms with Gasteiger partial charge < -0.3 is 9.67 Å². The lowest BCUT2D eigenvalue weighted by Gasteiger charge is -2.13. The molecule has 0 aliphatic heterocycles. The summed E-state index contributed by atoms with van der Waals surface area (Å²) in [7, 11) is 0. The molecule has 2 rings (SSSR count). The number of hydrogen-bond donors (Lipinski definition) is 1. The van der Waals surface area contributed by atoms with Crippen LogP contribution in [0.25, 0.3) is 10.9 Å². The standard InChI is InChI=1S/C14H16ClNO2/c1-3-16-12(9(2)6-14(17)18)7-10-4-5-11(15)8-13(10)16/h4-5,7-9H,3,6H2,1-2H3,(H,17,18). The van der Waals surface area contributed by atoms with Gasteiger partial charge in [-0.1, -0.05) is 24.6 Å². The number of rotatable bonds is 4. The molecule has 0 radical (unpaired) electrons. The molecule has 3 nitrogen and oxygen atoms in total. The zero-order valence-corrected chi connectivity index (χ0v) is 11.2. The molecular formula is C14H16ClNO2. The lowest BCUT2D eigenvalue weighted by Crippen LogP contribution is -2.08. The fourth-order valence-electron chi connectivity index (χ4n) is 2.38. The highest BCUT2D eigenvalue weighted by molar-refractivity contribution is 6.31. The molecule has 0 saturated heterocycles. The largest absolute Gasteiger partial charge is 0.481 e. The summed E-state index contributed by atoms with van der Waals surface area (Å²) in [5, 5.41) is 10.7. The highest BCUT2D eigenvalue weighted by atomic mass is 35.5. The second-order valence-electron chi connectivity index (χ2n) is 4.52. The molecule has 18 heavy (non-hydrogen) atoms. The van der Waals surface area contributed by atoms with Gasteiger partial charge in [-0.3, -0.25) is 4.79 Å². The van der Waals surface area contributed by atoms with Crippen LogP contribution in [0.15, 0.2) is 24.3 Å². The van der Waals surface area contributed by atoms with Gasteiger partial charge in [0.2, 0.25) is 0 Å². The summed E-state index contributed by atoms with van der Waals surface area (Å²) in [4.78, 5) is 10.8. The molecule has 1 N–H and O–H groups in total. The third-order valence-electron chi connectivity index (χ3n) is 3.20. The summed E-state index contributed by atoms with van der Waals surface area (Å²) >= 11 is 6.01. The van der Waals surface area contributed by atoms with Gasteiger partial charge in [0.25, 0.3) is 0 Å². The van der Waals surface area contributed by atoms with Crippen LogP contribution in [0.5, 0.6) is 0 Å². The van der Waals surface area contributed by atoms with Gasteiger partial charge in [-0.2, -0.15) is 0 Å². The Morgan fingerprint density at radius 3 is 2.78 bits per heavy atom. The Kier molecular flexibility index (Phi) is 3.62. The van der Waals surface area contributed by atoms with E-state index in [4.69, 9.17) is 16.7 Å². The number of aryl methyl sites for hydroxylation is 1. The zero-order chi connectivity index (χ0) is 13.3.